The molecule has 0 heterocycles. The number of ether oxygens (including phenoxy) is 2. The van der Waals surface area contributed by atoms with Gasteiger partial charge in [0.2, 0.25) is 0 Å². The summed E-state index contributed by atoms with van der Waals surface area (Å²) in [5.41, 5.74) is 0. The Labute approximate surface area is 175 Å². The van der Waals surface area contributed by atoms with Crippen molar-refractivity contribution in [2.45, 2.75) is 59.0 Å². The first-order chi connectivity index (χ1) is 14.0. The Kier molecular flexibility index (Phi) is 12.9. The van der Waals surface area contributed by atoms with Crippen molar-refractivity contribution in [2.24, 2.45) is 5.92 Å². The molecule has 1 aromatic rings. The van der Waals surface area contributed by atoms with Gasteiger partial charge in [-0.15, -0.1) is 0 Å². The maximum absolute atomic E-state index is 13.2. The van der Waals surface area contributed by atoms with Crippen molar-refractivity contribution in [3.05, 3.63) is 30.3 Å². The Bertz CT molecular complexity index is 602. The Hall–Kier alpha value is -1.40. The van der Waals surface area contributed by atoms with Gasteiger partial charge in [0.1, 0.15) is 12.4 Å². The third-order valence-electron chi connectivity index (χ3n) is 4.45. The quantitative estimate of drug-likeness (QED) is 0.226. The van der Waals surface area contributed by atoms with Crippen LogP contribution in [0.15, 0.2) is 30.3 Å². The number of carbonyl (C=O) groups excluding carboxylic acids is 1. The lowest BCUT2D eigenvalue weighted by Crippen LogP contribution is -2.27. The van der Waals surface area contributed by atoms with E-state index < -0.39 is 7.75 Å². The number of esters is 1. The van der Waals surface area contributed by atoms with E-state index in [9.17, 15) is 9.36 Å². The van der Waals surface area contributed by atoms with E-state index in [2.05, 4.69) is 18.9 Å². The van der Waals surface area contributed by atoms with Crippen LogP contribution < -0.4 is 9.61 Å². The maximum Gasteiger partial charge on any atom is 0.458 e. The average Bonchev–Trinajstić information content (AvgIpc) is 2.72. The van der Waals surface area contributed by atoms with Crippen LogP contribution in [0, 0.1) is 5.92 Å². The molecule has 0 saturated carbocycles. The summed E-state index contributed by atoms with van der Waals surface area (Å²) in [5, 5.41) is 2.78. The molecule has 0 radical (unpaired) electrons. The SMILES string of the molecule is CCCC(CCC)C(=O)OCCNP(=O)(OCC(CC)OC)Oc1ccccc1. The van der Waals surface area contributed by atoms with Gasteiger partial charge >= 0.3 is 13.7 Å². The third-order valence-corrected chi connectivity index (χ3v) is 6.00. The van der Waals surface area contributed by atoms with E-state index in [1.54, 1.807) is 31.4 Å². The van der Waals surface area contributed by atoms with Crippen molar-refractivity contribution in [1.82, 2.24) is 5.09 Å². The second-order valence-corrected chi connectivity index (χ2v) is 8.57. The number of methoxy groups -OCH3 is 1. The summed E-state index contributed by atoms with van der Waals surface area (Å²) in [5.74, 6) is 0.137. The topological polar surface area (TPSA) is 83.1 Å². The highest BCUT2D eigenvalue weighted by Crippen LogP contribution is 2.44. The van der Waals surface area contributed by atoms with E-state index in [4.69, 9.17) is 18.5 Å². The highest BCUT2D eigenvalue weighted by molar-refractivity contribution is 7.52. The molecule has 8 heteroatoms. The fourth-order valence-electron chi connectivity index (χ4n) is 2.79. The zero-order chi connectivity index (χ0) is 21.5. The van der Waals surface area contributed by atoms with Gasteiger partial charge < -0.3 is 14.0 Å². The predicted octanol–water partition coefficient (Wildman–Crippen LogP) is 4.96. The van der Waals surface area contributed by atoms with Crippen LogP contribution in [-0.4, -0.2) is 38.9 Å². The molecule has 2 atom stereocenters. The summed E-state index contributed by atoms with van der Waals surface area (Å²) in [4.78, 5) is 12.2. The molecule has 1 rings (SSSR count). The molecule has 0 aromatic heterocycles. The minimum atomic E-state index is -3.65. The second kappa shape index (κ2) is 14.6. The van der Waals surface area contributed by atoms with Crippen LogP contribution in [0.5, 0.6) is 5.75 Å². The van der Waals surface area contributed by atoms with Crippen molar-refractivity contribution >= 4 is 13.7 Å². The van der Waals surface area contributed by atoms with Crippen LogP contribution in [0.4, 0.5) is 0 Å². The molecule has 29 heavy (non-hydrogen) atoms. The summed E-state index contributed by atoms with van der Waals surface area (Å²) in [6.07, 6.45) is 4.03. The van der Waals surface area contributed by atoms with Gasteiger partial charge in [-0.05, 0) is 31.4 Å². The van der Waals surface area contributed by atoms with E-state index >= 15 is 0 Å². The van der Waals surface area contributed by atoms with Crippen LogP contribution in [0.1, 0.15) is 52.9 Å². The molecule has 7 nitrogen and oxygen atoms in total. The van der Waals surface area contributed by atoms with Gasteiger partial charge in [0.15, 0.2) is 0 Å². The van der Waals surface area contributed by atoms with Gasteiger partial charge in [0, 0.05) is 13.7 Å². The van der Waals surface area contributed by atoms with E-state index in [1.807, 2.05) is 13.0 Å². The molecule has 0 aliphatic rings. The number of hydrogen-bond donors (Lipinski definition) is 1. The van der Waals surface area contributed by atoms with Crippen LogP contribution in [0.3, 0.4) is 0 Å². The lowest BCUT2D eigenvalue weighted by molar-refractivity contribution is -0.148. The number of hydrogen-bond acceptors (Lipinski definition) is 6. The molecule has 1 aromatic carbocycles. The smallest absolute Gasteiger partial charge is 0.458 e. The minimum Gasteiger partial charge on any atom is -0.464 e. The summed E-state index contributed by atoms with van der Waals surface area (Å²) in [7, 11) is -2.07. The van der Waals surface area contributed by atoms with Crippen molar-refractivity contribution in [3.63, 3.8) is 0 Å². The standard InChI is InChI=1S/C21H36NO6P/c1-5-11-18(12-6-2)21(23)26-16-15-22-29(24,27-17-19(7-3)25-4)28-20-13-9-8-10-14-20/h8-10,13-14,18-19H,5-7,11-12,15-17H2,1-4H3,(H,22,24). The van der Waals surface area contributed by atoms with E-state index in [-0.39, 0.29) is 37.7 Å². The Morgan fingerprint density at radius 1 is 1.10 bits per heavy atom. The van der Waals surface area contributed by atoms with Gasteiger partial charge in [-0.3, -0.25) is 9.32 Å². The second-order valence-electron chi connectivity index (χ2n) is 6.81. The summed E-state index contributed by atoms with van der Waals surface area (Å²) < 4.78 is 35.0. The molecule has 0 bridgehead atoms. The molecule has 0 aliphatic carbocycles. The molecule has 2 unspecified atom stereocenters. The van der Waals surface area contributed by atoms with Crippen LogP contribution in [0.25, 0.3) is 0 Å². The molecular formula is C21H36NO6P. The van der Waals surface area contributed by atoms with Crippen LogP contribution in [0.2, 0.25) is 0 Å². The normalized spacial score (nSPS) is 14.4. The van der Waals surface area contributed by atoms with Crippen molar-refractivity contribution in [1.29, 1.82) is 0 Å². The van der Waals surface area contributed by atoms with Crippen molar-refractivity contribution < 1.29 is 27.9 Å². The van der Waals surface area contributed by atoms with E-state index in [0.717, 1.165) is 32.1 Å². The lowest BCUT2D eigenvalue weighted by Gasteiger charge is -2.22. The van der Waals surface area contributed by atoms with E-state index in [1.165, 1.54) is 0 Å². The van der Waals surface area contributed by atoms with Gasteiger partial charge in [0.05, 0.1) is 18.6 Å². The molecule has 0 spiro atoms. The fraction of sp³-hybridized carbons (Fsp3) is 0.667. The maximum atomic E-state index is 13.2. The number of benzene rings is 1. The first-order valence-electron chi connectivity index (χ1n) is 10.4. The van der Waals surface area contributed by atoms with Gasteiger partial charge in [-0.25, -0.2) is 9.65 Å². The summed E-state index contributed by atoms with van der Waals surface area (Å²) in [6.45, 7) is 6.43. The third kappa shape index (κ3) is 10.3. The molecular weight excluding hydrogens is 393 g/mol. The molecule has 0 aliphatic heterocycles. The monoisotopic (exact) mass is 429 g/mol. The molecule has 0 fully saturated rings. The number of para-hydroxylation sites is 1. The number of carbonyl (C=O) groups is 1. The fourth-order valence-corrected chi connectivity index (χ4v) is 4.12. The van der Waals surface area contributed by atoms with Crippen molar-refractivity contribution in [3.8, 4) is 5.75 Å². The number of nitrogens with one attached hydrogen (secondary N) is 1. The Morgan fingerprint density at radius 2 is 1.76 bits per heavy atom. The first-order valence-corrected chi connectivity index (χ1v) is 12.0. The van der Waals surface area contributed by atoms with Gasteiger partial charge in [-0.2, -0.15) is 0 Å². The minimum absolute atomic E-state index is 0.0827. The summed E-state index contributed by atoms with van der Waals surface area (Å²) >= 11 is 0. The summed E-state index contributed by atoms with van der Waals surface area (Å²) in [6, 6.07) is 8.81. The Morgan fingerprint density at radius 3 is 2.31 bits per heavy atom. The Balaban J connectivity index is 2.62. The predicted molar refractivity (Wildman–Crippen MR) is 114 cm³/mol. The number of rotatable bonds is 16. The zero-order valence-electron chi connectivity index (χ0n) is 18.1. The van der Waals surface area contributed by atoms with Crippen LogP contribution >= 0.6 is 7.75 Å². The first kappa shape index (κ1) is 25.6. The highest BCUT2D eigenvalue weighted by atomic mass is 31.2. The van der Waals surface area contributed by atoms with Crippen molar-refractivity contribution in [2.75, 3.05) is 26.9 Å². The molecule has 166 valence electrons. The zero-order valence-corrected chi connectivity index (χ0v) is 19.0. The molecule has 0 amide bonds. The van der Waals surface area contributed by atoms with Gasteiger partial charge in [0.25, 0.3) is 0 Å². The molecule has 0 saturated heterocycles. The van der Waals surface area contributed by atoms with Gasteiger partial charge in [-0.1, -0.05) is 51.8 Å². The van der Waals surface area contributed by atoms with Crippen LogP contribution in [-0.2, 0) is 23.4 Å². The largest absolute Gasteiger partial charge is 0.464 e. The lowest BCUT2D eigenvalue weighted by atomic mass is 9.99. The average molecular weight is 429 g/mol. The highest BCUT2D eigenvalue weighted by Gasteiger charge is 2.28. The molecule has 1 N–H and O–H groups in total. The van der Waals surface area contributed by atoms with E-state index in [0.29, 0.717) is 5.75 Å².